The van der Waals surface area contributed by atoms with E-state index in [1.807, 2.05) is 18.2 Å². The summed E-state index contributed by atoms with van der Waals surface area (Å²) in [7, 11) is 1.67. The summed E-state index contributed by atoms with van der Waals surface area (Å²) >= 11 is 0. The number of quaternary nitrogens is 1. The number of benzene rings is 2. The Labute approximate surface area is 221 Å². The van der Waals surface area contributed by atoms with E-state index in [-0.39, 0.29) is 23.3 Å². The van der Waals surface area contributed by atoms with E-state index >= 15 is 0 Å². The molecule has 0 bridgehead atoms. The van der Waals surface area contributed by atoms with E-state index in [2.05, 4.69) is 46.6 Å². The highest BCUT2D eigenvalue weighted by molar-refractivity contribution is 5.85. The minimum atomic E-state index is -0.175. The van der Waals surface area contributed by atoms with Gasteiger partial charge in [0.2, 0.25) is 11.8 Å². The fourth-order valence-corrected chi connectivity index (χ4v) is 6.62. The Balaban J connectivity index is 1.14. The number of nitrogens with one attached hydrogen (secondary N) is 2. The molecule has 0 radical (unpaired) electrons. The van der Waals surface area contributed by atoms with Gasteiger partial charge in [0.15, 0.2) is 0 Å². The number of likely N-dealkylation sites (tertiary alicyclic amines) is 2. The van der Waals surface area contributed by atoms with E-state index in [0.717, 1.165) is 76.0 Å². The molecule has 6 heteroatoms. The lowest BCUT2D eigenvalue weighted by atomic mass is 9.77. The zero-order valence-corrected chi connectivity index (χ0v) is 22.2. The molecule has 1 spiro atoms. The molecule has 0 aromatic heterocycles. The van der Waals surface area contributed by atoms with Crippen LogP contribution in [0.25, 0.3) is 0 Å². The Hall–Kier alpha value is -2.86. The predicted molar refractivity (Wildman–Crippen MR) is 144 cm³/mol. The van der Waals surface area contributed by atoms with Crippen LogP contribution >= 0.6 is 0 Å². The summed E-state index contributed by atoms with van der Waals surface area (Å²) in [6, 6.07) is 18.5. The monoisotopic (exact) mass is 504 g/mol. The molecule has 2 amide bonds. The van der Waals surface area contributed by atoms with Gasteiger partial charge in [0.05, 0.1) is 38.2 Å². The number of carbonyl (C=O) groups is 2. The van der Waals surface area contributed by atoms with E-state index in [1.54, 1.807) is 12.0 Å². The van der Waals surface area contributed by atoms with Gasteiger partial charge in [0.25, 0.3) is 0 Å². The topological polar surface area (TPSA) is 63.1 Å². The van der Waals surface area contributed by atoms with Crippen molar-refractivity contribution in [1.29, 1.82) is 0 Å². The summed E-state index contributed by atoms with van der Waals surface area (Å²) < 4.78 is 5.26. The molecule has 0 unspecified atom stereocenters. The van der Waals surface area contributed by atoms with Crippen molar-refractivity contribution in [1.82, 2.24) is 10.2 Å². The Kier molecular flexibility index (Phi) is 8.14. The second-order valence-electron chi connectivity index (χ2n) is 11.3. The van der Waals surface area contributed by atoms with Gasteiger partial charge in [0, 0.05) is 38.3 Å². The molecule has 3 fully saturated rings. The first-order valence-electron chi connectivity index (χ1n) is 14.2. The van der Waals surface area contributed by atoms with Gasteiger partial charge in [-0.1, -0.05) is 55.3 Å². The standard InChI is InChI=1S/C31H41N3O3/c1-37-27-13-11-24(12-14-27)23-34-22-18-31(30(34)36)16-20-33(21-17-31)19-15-28(25-7-3-2-4-8-25)32-29(35)26-9-5-6-10-26/h2-4,7-8,11-14,26,28H,5-6,9-10,15-23H2,1H3,(H,32,35)/p+1/t28-/m0/s1. The van der Waals surface area contributed by atoms with Crippen LogP contribution < -0.4 is 15.0 Å². The zero-order chi connectivity index (χ0) is 25.7. The quantitative estimate of drug-likeness (QED) is 0.549. The summed E-state index contributed by atoms with van der Waals surface area (Å²) in [6.45, 7) is 4.61. The smallest absolute Gasteiger partial charge is 0.229 e. The summed E-state index contributed by atoms with van der Waals surface area (Å²) in [5, 5.41) is 3.39. The average molecular weight is 505 g/mol. The predicted octanol–water partition coefficient (Wildman–Crippen LogP) is 3.53. The van der Waals surface area contributed by atoms with Crippen LogP contribution in [0.4, 0.5) is 0 Å². The fourth-order valence-electron chi connectivity index (χ4n) is 6.62. The van der Waals surface area contributed by atoms with Gasteiger partial charge in [-0.15, -0.1) is 0 Å². The van der Waals surface area contributed by atoms with Crippen molar-refractivity contribution in [3.8, 4) is 5.75 Å². The van der Waals surface area contributed by atoms with Crippen LogP contribution in [0.1, 0.15) is 68.5 Å². The Morgan fingerprint density at radius 3 is 2.43 bits per heavy atom. The van der Waals surface area contributed by atoms with Crippen LogP contribution in [0.15, 0.2) is 54.6 Å². The fraction of sp³-hybridized carbons (Fsp3) is 0.548. The molecule has 6 nitrogen and oxygen atoms in total. The number of hydrogen-bond donors (Lipinski definition) is 2. The molecule has 5 rings (SSSR count). The lowest BCUT2D eigenvalue weighted by Crippen LogP contribution is -3.13. The SMILES string of the molecule is COc1ccc(CN2CCC3(CC[NH+](CC[C@H](NC(=O)C4CCCC4)c4ccccc4)CC3)C2=O)cc1. The molecule has 2 aliphatic heterocycles. The molecule has 198 valence electrons. The summed E-state index contributed by atoms with van der Waals surface area (Å²) in [6.07, 6.45) is 8.22. The number of hydrogen-bond acceptors (Lipinski definition) is 3. The summed E-state index contributed by atoms with van der Waals surface area (Å²) in [5.41, 5.74) is 2.17. The van der Waals surface area contributed by atoms with Gasteiger partial charge in [-0.2, -0.15) is 0 Å². The Morgan fingerprint density at radius 1 is 1.05 bits per heavy atom. The normalized spacial score (nSPS) is 24.9. The molecule has 37 heavy (non-hydrogen) atoms. The summed E-state index contributed by atoms with van der Waals surface area (Å²) in [4.78, 5) is 30.0. The van der Waals surface area contributed by atoms with Crippen LogP contribution in [0.5, 0.6) is 5.75 Å². The second kappa shape index (κ2) is 11.7. The van der Waals surface area contributed by atoms with Crippen molar-refractivity contribution in [3.63, 3.8) is 0 Å². The first-order chi connectivity index (χ1) is 18.1. The first-order valence-corrected chi connectivity index (χ1v) is 14.2. The van der Waals surface area contributed by atoms with Crippen molar-refractivity contribution >= 4 is 11.8 Å². The average Bonchev–Trinajstić information content (AvgIpc) is 3.58. The van der Waals surface area contributed by atoms with E-state index in [1.165, 1.54) is 18.4 Å². The van der Waals surface area contributed by atoms with E-state index in [9.17, 15) is 9.59 Å². The third kappa shape index (κ3) is 6.01. The maximum Gasteiger partial charge on any atom is 0.229 e. The molecule has 2 heterocycles. The lowest BCUT2D eigenvalue weighted by molar-refractivity contribution is -0.907. The van der Waals surface area contributed by atoms with Gasteiger partial charge < -0.3 is 19.9 Å². The van der Waals surface area contributed by atoms with Crippen LogP contribution in [0, 0.1) is 11.3 Å². The van der Waals surface area contributed by atoms with Gasteiger partial charge >= 0.3 is 0 Å². The van der Waals surface area contributed by atoms with E-state index < -0.39 is 0 Å². The van der Waals surface area contributed by atoms with E-state index in [0.29, 0.717) is 12.5 Å². The highest BCUT2D eigenvalue weighted by Crippen LogP contribution is 2.39. The minimum absolute atomic E-state index is 0.0609. The van der Waals surface area contributed by atoms with Crippen molar-refractivity contribution in [2.75, 3.05) is 33.3 Å². The molecule has 2 saturated heterocycles. The van der Waals surface area contributed by atoms with Crippen molar-refractivity contribution in [2.45, 2.75) is 64.0 Å². The number of methoxy groups -OCH3 is 1. The maximum atomic E-state index is 13.5. The number of ether oxygens (including phenoxy) is 1. The van der Waals surface area contributed by atoms with Gasteiger partial charge in [0.1, 0.15) is 5.75 Å². The molecule has 1 aliphatic carbocycles. The number of carbonyl (C=O) groups excluding carboxylic acids is 2. The maximum absolute atomic E-state index is 13.5. The molecular weight excluding hydrogens is 462 g/mol. The molecule has 1 atom stereocenters. The molecule has 3 aliphatic rings. The molecule has 1 saturated carbocycles. The van der Waals surface area contributed by atoms with Crippen LogP contribution in [0.2, 0.25) is 0 Å². The third-order valence-corrected chi connectivity index (χ3v) is 9.08. The highest BCUT2D eigenvalue weighted by atomic mass is 16.5. The van der Waals surface area contributed by atoms with Crippen LogP contribution in [-0.4, -0.2) is 50.0 Å². The lowest BCUT2D eigenvalue weighted by Gasteiger charge is -2.36. The zero-order valence-electron chi connectivity index (χ0n) is 22.2. The number of rotatable bonds is 9. The van der Waals surface area contributed by atoms with Crippen molar-refractivity contribution < 1.29 is 19.2 Å². The Morgan fingerprint density at radius 2 is 1.76 bits per heavy atom. The third-order valence-electron chi connectivity index (χ3n) is 9.08. The van der Waals surface area contributed by atoms with Crippen molar-refractivity contribution in [3.05, 3.63) is 65.7 Å². The number of piperidine rings is 1. The van der Waals surface area contributed by atoms with E-state index in [4.69, 9.17) is 4.74 Å². The number of amides is 2. The van der Waals surface area contributed by atoms with Crippen LogP contribution in [-0.2, 0) is 16.1 Å². The minimum Gasteiger partial charge on any atom is -0.497 e. The van der Waals surface area contributed by atoms with Gasteiger partial charge in [-0.3, -0.25) is 9.59 Å². The second-order valence-corrected chi connectivity index (χ2v) is 11.3. The first kappa shape index (κ1) is 25.8. The van der Waals surface area contributed by atoms with Gasteiger partial charge in [-0.05, 0) is 42.5 Å². The Bertz CT molecular complexity index is 1040. The molecular formula is C31H42N3O3+. The molecule has 2 aromatic carbocycles. The highest BCUT2D eigenvalue weighted by Gasteiger charge is 2.49. The molecule has 2 N–H and O–H groups in total. The van der Waals surface area contributed by atoms with Gasteiger partial charge in [-0.25, -0.2) is 0 Å². The summed E-state index contributed by atoms with van der Waals surface area (Å²) in [5.74, 6) is 1.60. The molecule has 2 aromatic rings. The largest absolute Gasteiger partial charge is 0.497 e. The van der Waals surface area contributed by atoms with Crippen molar-refractivity contribution in [2.24, 2.45) is 11.3 Å². The van der Waals surface area contributed by atoms with Crippen LogP contribution in [0.3, 0.4) is 0 Å². The number of nitrogens with zero attached hydrogens (tertiary/aromatic N) is 1.